The molecule has 5 nitrogen and oxygen atoms in total. The normalized spacial score (nSPS) is 10.0. The Morgan fingerprint density at radius 2 is 1.87 bits per heavy atom. The number of halogens is 3. The molecule has 8 heteroatoms. The average molecular weight is 418 g/mol. The van der Waals surface area contributed by atoms with E-state index in [0.29, 0.717) is 21.4 Å². The molecule has 0 aliphatic rings. The zero-order chi connectivity index (χ0) is 16.8. The highest BCUT2D eigenvalue weighted by Gasteiger charge is 2.09. The molecule has 0 fully saturated rings. The quantitative estimate of drug-likeness (QED) is 0.747. The van der Waals surface area contributed by atoms with Crippen LogP contribution in [0.1, 0.15) is 10.4 Å². The predicted octanol–water partition coefficient (Wildman–Crippen LogP) is 3.60. The number of rotatable bonds is 4. The van der Waals surface area contributed by atoms with E-state index >= 15 is 0 Å². The van der Waals surface area contributed by atoms with Gasteiger partial charge in [0, 0.05) is 15.1 Å². The minimum Gasteiger partial charge on any atom is -0.482 e. The second-order valence-electron chi connectivity index (χ2n) is 4.38. The molecule has 23 heavy (non-hydrogen) atoms. The Labute approximate surface area is 151 Å². The van der Waals surface area contributed by atoms with Crippen molar-refractivity contribution in [1.29, 1.82) is 0 Å². The monoisotopic (exact) mass is 416 g/mol. The molecular formula is C15H11BrCl2N2O3. The molecule has 0 spiro atoms. The van der Waals surface area contributed by atoms with Gasteiger partial charge in [0.05, 0.1) is 5.02 Å². The van der Waals surface area contributed by atoms with Gasteiger partial charge >= 0.3 is 0 Å². The summed E-state index contributed by atoms with van der Waals surface area (Å²) in [6, 6.07) is 11.4. The highest BCUT2D eigenvalue weighted by atomic mass is 79.9. The van der Waals surface area contributed by atoms with Crippen LogP contribution in [0, 0.1) is 0 Å². The van der Waals surface area contributed by atoms with Crippen LogP contribution < -0.4 is 15.6 Å². The highest BCUT2D eigenvalue weighted by Crippen LogP contribution is 2.27. The number of hydrogen-bond acceptors (Lipinski definition) is 3. The largest absolute Gasteiger partial charge is 0.482 e. The van der Waals surface area contributed by atoms with E-state index in [2.05, 4.69) is 26.8 Å². The summed E-state index contributed by atoms with van der Waals surface area (Å²) in [5, 5.41) is 0.761. The first kappa shape index (κ1) is 17.6. The van der Waals surface area contributed by atoms with Crippen LogP contribution in [-0.2, 0) is 4.79 Å². The zero-order valence-corrected chi connectivity index (χ0v) is 14.7. The van der Waals surface area contributed by atoms with Gasteiger partial charge in [-0.05, 0) is 36.4 Å². The fraction of sp³-hybridized carbons (Fsp3) is 0.0667. The summed E-state index contributed by atoms with van der Waals surface area (Å²) in [4.78, 5) is 23.5. The Balaban J connectivity index is 1.82. The molecule has 0 saturated carbocycles. The SMILES string of the molecule is O=C(COc1ccc(Cl)cc1Cl)NNC(=O)c1cccc(Br)c1. The summed E-state index contributed by atoms with van der Waals surface area (Å²) in [5.74, 6) is -0.645. The van der Waals surface area contributed by atoms with Crippen molar-refractivity contribution in [3.63, 3.8) is 0 Å². The Hall–Kier alpha value is -1.76. The first-order valence-electron chi connectivity index (χ1n) is 6.38. The molecule has 2 rings (SSSR count). The number of carbonyl (C=O) groups is 2. The summed E-state index contributed by atoms with van der Waals surface area (Å²) in [7, 11) is 0. The molecule has 0 unspecified atom stereocenters. The van der Waals surface area contributed by atoms with Crippen molar-refractivity contribution in [2.24, 2.45) is 0 Å². The zero-order valence-electron chi connectivity index (χ0n) is 11.6. The maximum absolute atomic E-state index is 11.8. The number of ether oxygens (including phenoxy) is 1. The van der Waals surface area contributed by atoms with E-state index in [1.54, 1.807) is 36.4 Å². The maximum atomic E-state index is 11.8. The van der Waals surface area contributed by atoms with Gasteiger partial charge in [0.15, 0.2) is 6.61 Å². The second kappa shape index (κ2) is 8.19. The van der Waals surface area contributed by atoms with E-state index in [1.165, 1.54) is 6.07 Å². The van der Waals surface area contributed by atoms with E-state index in [-0.39, 0.29) is 6.61 Å². The minimum atomic E-state index is -0.528. The molecule has 0 aliphatic carbocycles. The molecule has 0 saturated heterocycles. The van der Waals surface area contributed by atoms with Crippen molar-refractivity contribution in [1.82, 2.24) is 10.9 Å². The maximum Gasteiger partial charge on any atom is 0.276 e. The van der Waals surface area contributed by atoms with E-state index in [0.717, 1.165) is 4.47 Å². The van der Waals surface area contributed by atoms with Crippen molar-refractivity contribution in [2.45, 2.75) is 0 Å². The average Bonchev–Trinajstić information content (AvgIpc) is 2.51. The highest BCUT2D eigenvalue weighted by molar-refractivity contribution is 9.10. The molecule has 2 aromatic rings. The lowest BCUT2D eigenvalue weighted by molar-refractivity contribution is -0.123. The van der Waals surface area contributed by atoms with Crippen molar-refractivity contribution >= 4 is 50.9 Å². The van der Waals surface area contributed by atoms with E-state index in [9.17, 15) is 9.59 Å². The van der Waals surface area contributed by atoms with E-state index in [1.807, 2.05) is 0 Å². The van der Waals surface area contributed by atoms with Crippen molar-refractivity contribution in [3.05, 3.63) is 62.5 Å². The molecule has 0 heterocycles. The molecule has 0 aliphatic heterocycles. The van der Waals surface area contributed by atoms with Crippen LogP contribution in [0.5, 0.6) is 5.75 Å². The van der Waals surface area contributed by atoms with Crippen LogP contribution in [0.2, 0.25) is 10.0 Å². The number of amides is 2. The lowest BCUT2D eigenvalue weighted by Crippen LogP contribution is -2.43. The van der Waals surface area contributed by atoms with Crippen molar-refractivity contribution in [3.8, 4) is 5.75 Å². The Kier molecular flexibility index (Phi) is 6.27. The smallest absolute Gasteiger partial charge is 0.276 e. The predicted molar refractivity (Wildman–Crippen MR) is 91.7 cm³/mol. The van der Waals surface area contributed by atoms with E-state index < -0.39 is 11.8 Å². The Bertz CT molecular complexity index is 740. The van der Waals surface area contributed by atoms with Gasteiger partial charge in [-0.2, -0.15) is 0 Å². The molecule has 2 amide bonds. The standard InChI is InChI=1S/C15H11BrCl2N2O3/c16-10-3-1-2-9(6-10)15(22)20-19-14(21)8-23-13-5-4-11(17)7-12(13)18/h1-7H,8H2,(H,19,21)(H,20,22). The Morgan fingerprint density at radius 1 is 1.09 bits per heavy atom. The summed E-state index contributed by atoms with van der Waals surface area (Å²) in [6.07, 6.45) is 0. The molecular weight excluding hydrogens is 407 g/mol. The second-order valence-corrected chi connectivity index (χ2v) is 6.14. The Morgan fingerprint density at radius 3 is 2.57 bits per heavy atom. The number of benzene rings is 2. The van der Waals surface area contributed by atoms with Gasteiger partial charge in [0.2, 0.25) is 0 Å². The van der Waals surface area contributed by atoms with Gasteiger partial charge in [-0.25, -0.2) is 0 Å². The van der Waals surface area contributed by atoms with Gasteiger partial charge in [-0.3, -0.25) is 20.4 Å². The third-order valence-corrected chi connectivity index (χ3v) is 3.68. The molecule has 2 N–H and O–H groups in total. The van der Waals surface area contributed by atoms with Gasteiger partial charge in [0.25, 0.3) is 11.8 Å². The summed E-state index contributed by atoms with van der Waals surface area (Å²) in [5.41, 5.74) is 4.95. The topological polar surface area (TPSA) is 67.4 Å². The van der Waals surface area contributed by atoms with Crippen LogP contribution in [0.25, 0.3) is 0 Å². The molecule has 2 aromatic carbocycles. The van der Waals surface area contributed by atoms with Crippen molar-refractivity contribution in [2.75, 3.05) is 6.61 Å². The van der Waals surface area contributed by atoms with Gasteiger partial charge in [0.1, 0.15) is 5.75 Å². The molecule has 0 radical (unpaired) electrons. The molecule has 0 bridgehead atoms. The van der Waals surface area contributed by atoms with Crippen LogP contribution in [0.15, 0.2) is 46.9 Å². The first-order valence-corrected chi connectivity index (χ1v) is 7.93. The third kappa shape index (κ3) is 5.42. The molecule has 0 atom stereocenters. The van der Waals surface area contributed by atoms with Gasteiger partial charge in [-0.1, -0.05) is 45.2 Å². The van der Waals surface area contributed by atoms with Crippen LogP contribution >= 0.6 is 39.1 Å². The van der Waals surface area contributed by atoms with Crippen LogP contribution in [0.3, 0.4) is 0 Å². The lowest BCUT2D eigenvalue weighted by atomic mass is 10.2. The van der Waals surface area contributed by atoms with Crippen LogP contribution in [-0.4, -0.2) is 18.4 Å². The van der Waals surface area contributed by atoms with Crippen molar-refractivity contribution < 1.29 is 14.3 Å². The summed E-state index contributed by atoms with van der Waals surface area (Å²) >= 11 is 14.9. The lowest BCUT2D eigenvalue weighted by Gasteiger charge is -2.10. The number of nitrogens with one attached hydrogen (secondary N) is 2. The summed E-state index contributed by atoms with van der Waals surface area (Å²) < 4.78 is 6.01. The number of hydrogen-bond donors (Lipinski definition) is 2. The summed E-state index contributed by atoms with van der Waals surface area (Å²) in [6.45, 7) is -0.305. The third-order valence-electron chi connectivity index (χ3n) is 2.65. The van der Waals surface area contributed by atoms with Gasteiger partial charge < -0.3 is 4.74 Å². The van der Waals surface area contributed by atoms with Gasteiger partial charge in [-0.15, -0.1) is 0 Å². The van der Waals surface area contributed by atoms with Crippen LogP contribution in [0.4, 0.5) is 0 Å². The number of carbonyl (C=O) groups excluding carboxylic acids is 2. The fourth-order valence-electron chi connectivity index (χ4n) is 1.60. The molecule has 120 valence electrons. The molecule has 0 aromatic heterocycles. The first-order chi connectivity index (χ1) is 11.0. The van der Waals surface area contributed by atoms with E-state index in [4.69, 9.17) is 27.9 Å². The minimum absolute atomic E-state index is 0.295. The fourth-order valence-corrected chi connectivity index (χ4v) is 2.46. The number of hydrazine groups is 1.